The highest BCUT2D eigenvalue weighted by atomic mass is 32.2. The number of methoxy groups -OCH3 is 1. The fourth-order valence-corrected chi connectivity index (χ4v) is 5.75. The molecule has 2 aromatic rings. The Morgan fingerprint density at radius 1 is 1.27 bits per heavy atom. The van der Waals surface area contributed by atoms with Gasteiger partial charge in [0.25, 0.3) is 5.82 Å². The third kappa shape index (κ3) is 8.32. The number of imidazole rings is 1. The van der Waals surface area contributed by atoms with Crippen LogP contribution in [0.2, 0.25) is 0 Å². The maximum Gasteiger partial charge on any atom is 0.254 e. The number of likely N-dealkylation sites (N-methyl/N-ethyl adjacent to an activating group) is 1. The Kier molecular flexibility index (Phi) is 10.7. The molecular weight excluding hydrogens is 497 g/mol. The van der Waals surface area contributed by atoms with E-state index in [4.69, 9.17) is 9.47 Å². The summed E-state index contributed by atoms with van der Waals surface area (Å²) in [6, 6.07) is 7.28. The summed E-state index contributed by atoms with van der Waals surface area (Å²) in [5.41, 5.74) is 2.79. The first-order valence-corrected chi connectivity index (χ1v) is 15.1. The van der Waals surface area contributed by atoms with Gasteiger partial charge in [0.05, 0.1) is 11.9 Å². The highest BCUT2D eigenvalue weighted by Gasteiger charge is 2.33. The molecule has 5 atom stereocenters. The van der Waals surface area contributed by atoms with E-state index in [0.29, 0.717) is 12.8 Å². The number of aromatic amines is 1. The van der Waals surface area contributed by atoms with E-state index in [1.54, 1.807) is 7.11 Å². The zero-order chi connectivity index (χ0) is 27.2. The van der Waals surface area contributed by atoms with Gasteiger partial charge < -0.3 is 19.5 Å². The summed E-state index contributed by atoms with van der Waals surface area (Å²) >= 11 is 0. The van der Waals surface area contributed by atoms with Gasteiger partial charge in [-0.25, -0.2) is 22.4 Å². The minimum atomic E-state index is -3.03. The fraction of sp³-hybridized carbons (Fsp3) is 0.667. The van der Waals surface area contributed by atoms with Crippen LogP contribution in [0, 0.1) is 0 Å². The molecule has 0 spiro atoms. The molecule has 0 unspecified atom stereocenters. The molecule has 1 saturated heterocycles. The van der Waals surface area contributed by atoms with Gasteiger partial charge in [-0.2, -0.15) is 0 Å². The van der Waals surface area contributed by atoms with Gasteiger partial charge in [-0.05, 0) is 37.9 Å². The lowest BCUT2D eigenvalue weighted by Crippen LogP contribution is -2.46. The summed E-state index contributed by atoms with van der Waals surface area (Å²) in [5.74, 6) is 1.03. The second-order valence-corrected chi connectivity index (χ2v) is 12.5. The maximum atomic E-state index is 14.5. The van der Waals surface area contributed by atoms with Crippen molar-refractivity contribution in [3.05, 3.63) is 53.1 Å². The van der Waals surface area contributed by atoms with Crippen molar-refractivity contribution in [1.29, 1.82) is 0 Å². The minimum Gasteiger partial charge on any atom is -0.372 e. The smallest absolute Gasteiger partial charge is 0.254 e. The number of ether oxygens (including phenoxy) is 2. The second kappa shape index (κ2) is 13.3. The van der Waals surface area contributed by atoms with Crippen LogP contribution in [0.3, 0.4) is 0 Å². The number of rotatable bonds is 13. The quantitative estimate of drug-likeness (QED) is 0.380. The summed E-state index contributed by atoms with van der Waals surface area (Å²) < 4.78 is 50.7. The van der Waals surface area contributed by atoms with Gasteiger partial charge in [0.1, 0.15) is 34.5 Å². The van der Waals surface area contributed by atoms with Crippen molar-refractivity contribution in [3.63, 3.8) is 0 Å². The predicted octanol–water partition coefficient (Wildman–Crippen LogP) is 2.71. The second-order valence-electron chi connectivity index (χ2n) is 10.2. The molecule has 1 aromatic heterocycles. The summed E-state index contributed by atoms with van der Waals surface area (Å²) in [7, 11) is 0.619. The number of benzene rings is 1. The lowest BCUT2D eigenvalue weighted by atomic mass is 10.00. The maximum absolute atomic E-state index is 14.5. The van der Waals surface area contributed by atoms with Crippen LogP contribution >= 0.6 is 0 Å². The summed E-state index contributed by atoms with van der Waals surface area (Å²) in [5, 5.41) is 9.96. The van der Waals surface area contributed by atoms with Crippen LogP contribution in [0.5, 0.6) is 0 Å². The van der Waals surface area contributed by atoms with Gasteiger partial charge in [0.2, 0.25) is 0 Å². The number of H-pyrrole nitrogens is 1. The Balaban J connectivity index is 1.72. The molecule has 1 aromatic carbocycles. The fourth-order valence-electron chi connectivity index (χ4n) is 5.15. The lowest BCUT2D eigenvalue weighted by Gasteiger charge is -2.36. The predicted molar refractivity (Wildman–Crippen MR) is 141 cm³/mol. The highest BCUT2D eigenvalue weighted by molar-refractivity contribution is 7.90. The number of hydrogen-bond acceptors (Lipinski definition) is 6. The zero-order valence-electron chi connectivity index (χ0n) is 22.7. The lowest BCUT2D eigenvalue weighted by molar-refractivity contribution is -0.737. The number of sulfone groups is 1. The van der Waals surface area contributed by atoms with Gasteiger partial charge >= 0.3 is 0 Å². The molecule has 8 nitrogen and oxygen atoms in total. The number of halogens is 1. The van der Waals surface area contributed by atoms with E-state index >= 15 is 0 Å². The largest absolute Gasteiger partial charge is 0.372 e. The topological polar surface area (TPSA) is 95.7 Å². The van der Waals surface area contributed by atoms with Crippen molar-refractivity contribution in [2.24, 2.45) is 0 Å². The van der Waals surface area contributed by atoms with E-state index in [-0.39, 0.29) is 17.9 Å². The van der Waals surface area contributed by atoms with Gasteiger partial charge in [-0.1, -0.05) is 31.2 Å². The molecule has 10 heteroatoms. The average molecular weight is 541 g/mol. The number of nitrogens with zero attached hydrogens (tertiary/aromatic N) is 2. The molecule has 0 amide bonds. The van der Waals surface area contributed by atoms with Gasteiger partial charge in [0, 0.05) is 45.2 Å². The van der Waals surface area contributed by atoms with Crippen molar-refractivity contribution >= 4 is 9.84 Å². The number of nitrogens with one attached hydrogen (secondary N) is 1. The first-order valence-electron chi connectivity index (χ1n) is 13.1. The SMILES string of the molecule is CCc1[nH]c(CCN(C)[C@H]2C[C@@H](C)O[C@@H](O)C2)c[n+]1[C@H](CF)[C@H](OC)c1ccc(CCS(C)(=O)=O)cc1. The van der Waals surface area contributed by atoms with Gasteiger partial charge in [-0.15, -0.1) is 0 Å². The zero-order valence-corrected chi connectivity index (χ0v) is 23.5. The van der Waals surface area contributed by atoms with Crippen LogP contribution in [0.25, 0.3) is 0 Å². The third-order valence-corrected chi connectivity index (χ3v) is 8.20. The Bertz CT molecular complexity index is 1080. The van der Waals surface area contributed by atoms with E-state index in [1.165, 1.54) is 6.26 Å². The highest BCUT2D eigenvalue weighted by Crippen LogP contribution is 2.28. The molecule has 0 saturated carbocycles. The third-order valence-electron chi connectivity index (χ3n) is 7.26. The van der Waals surface area contributed by atoms with Crippen molar-refractivity contribution in [3.8, 4) is 0 Å². The summed E-state index contributed by atoms with van der Waals surface area (Å²) in [4.78, 5) is 5.73. The first-order chi connectivity index (χ1) is 17.5. The van der Waals surface area contributed by atoms with Crippen molar-refractivity contribution in [2.75, 3.05) is 39.4 Å². The van der Waals surface area contributed by atoms with Crippen molar-refractivity contribution in [2.45, 2.75) is 76.5 Å². The molecule has 0 aliphatic carbocycles. The Morgan fingerprint density at radius 3 is 2.54 bits per heavy atom. The normalized spacial score (nSPS) is 22.3. The van der Waals surface area contributed by atoms with E-state index in [1.807, 2.05) is 48.9 Å². The van der Waals surface area contributed by atoms with Gasteiger partial charge in [0.15, 0.2) is 12.3 Å². The minimum absolute atomic E-state index is 0.0283. The molecule has 37 heavy (non-hydrogen) atoms. The van der Waals surface area contributed by atoms with E-state index < -0.39 is 34.9 Å². The summed E-state index contributed by atoms with van der Waals surface area (Å²) in [6.07, 6.45) is 5.44. The Hall–Kier alpha value is -1.85. The van der Waals surface area contributed by atoms with Crippen LogP contribution < -0.4 is 4.57 Å². The molecule has 1 aliphatic rings. The molecule has 1 fully saturated rings. The average Bonchev–Trinajstić information content (AvgIpc) is 3.26. The van der Waals surface area contributed by atoms with Crippen LogP contribution in [-0.4, -0.2) is 81.2 Å². The number of aryl methyl sites for hydroxylation is 2. The van der Waals surface area contributed by atoms with Gasteiger partial charge in [-0.3, -0.25) is 0 Å². The van der Waals surface area contributed by atoms with Crippen LogP contribution in [-0.2, 0) is 38.6 Å². The summed E-state index contributed by atoms with van der Waals surface area (Å²) in [6.45, 7) is 4.23. The molecule has 208 valence electrons. The Labute approximate surface area is 220 Å². The molecule has 2 N–H and O–H groups in total. The number of hydrogen-bond donors (Lipinski definition) is 2. The molecule has 2 heterocycles. The molecular formula is C27H43FN3O5S+. The molecule has 0 radical (unpaired) electrons. The van der Waals surface area contributed by atoms with Crippen LogP contribution in [0.1, 0.15) is 61.5 Å². The first kappa shape index (κ1) is 29.7. The number of alkyl halides is 1. The number of aliphatic hydroxyl groups is 1. The number of aliphatic hydroxyl groups excluding tert-OH is 1. The van der Waals surface area contributed by atoms with Crippen LogP contribution in [0.4, 0.5) is 4.39 Å². The molecule has 1 aliphatic heterocycles. The van der Waals surface area contributed by atoms with Crippen molar-refractivity contribution in [1.82, 2.24) is 9.88 Å². The van der Waals surface area contributed by atoms with Crippen molar-refractivity contribution < 1.29 is 32.0 Å². The monoisotopic (exact) mass is 540 g/mol. The van der Waals surface area contributed by atoms with E-state index in [9.17, 15) is 17.9 Å². The van der Waals surface area contributed by atoms with Crippen LogP contribution in [0.15, 0.2) is 30.5 Å². The number of aromatic nitrogens is 2. The van der Waals surface area contributed by atoms with E-state index in [0.717, 1.165) is 48.5 Å². The van der Waals surface area contributed by atoms with E-state index in [2.05, 4.69) is 16.9 Å². The molecule has 3 rings (SSSR count). The Morgan fingerprint density at radius 2 is 1.97 bits per heavy atom. The standard InChI is InChI=1S/C27H42FN3O5S/c1-6-25-29-22(11-13-30(3)23-15-19(2)36-26(32)16-23)18-31(25)24(17-28)27(35-4)21-9-7-20(8-10-21)12-14-37(5,33)34/h7-10,18-19,23-24,26-27,32H,6,11-17H2,1-5H3/p+1/t19-,23+,24-,26-,27-/m1/s1. The molecule has 0 bridgehead atoms.